The summed E-state index contributed by atoms with van der Waals surface area (Å²) in [5.41, 5.74) is -0.314. The Bertz CT molecular complexity index is 1230. The molecule has 0 amide bonds. The fraction of sp³-hybridized carbons (Fsp3) is 0.444. The predicted octanol–water partition coefficient (Wildman–Crippen LogP) is 5.78. The third-order valence-corrected chi connectivity index (χ3v) is 7.30. The number of methoxy groups -OCH3 is 1. The minimum Gasteiger partial charge on any atom is -0.497 e. The lowest BCUT2D eigenvalue weighted by Crippen LogP contribution is -2.43. The number of aliphatic hydroxyl groups excluding tert-OH is 1. The molecule has 0 bridgehead atoms. The van der Waals surface area contributed by atoms with E-state index in [4.69, 9.17) is 4.74 Å². The summed E-state index contributed by atoms with van der Waals surface area (Å²) in [6.07, 6.45) is 1.07. The lowest BCUT2D eigenvalue weighted by Gasteiger charge is -2.41. The van der Waals surface area contributed by atoms with E-state index in [1.807, 2.05) is 0 Å². The van der Waals surface area contributed by atoms with E-state index in [2.05, 4.69) is 15.2 Å². The number of aromatic nitrogens is 1. The molecule has 4 rings (SSSR count). The van der Waals surface area contributed by atoms with Gasteiger partial charge in [0, 0.05) is 42.8 Å². The Kier molecular flexibility index (Phi) is 8.49. The van der Waals surface area contributed by atoms with Crippen molar-refractivity contribution in [3.8, 4) is 5.75 Å². The molecule has 0 radical (unpaired) electrons. The van der Waals surface area contributed by atoms with Crippen molar-refractivity contribution in [3.63, 3.8) is 0 Å². The Labute approximate surface area is 212 Å². The summed E-state index contributed by atoms with van der Waals surface area (Å²) < 4.78 is 75.8. The molecule has 2 heterocycles. The molecule has 5 nitrogen and oxygen atoms in total. The van der Waals surface area contributed by atoms with Crippen LogP contribution in [0.2, 0.25) is 0 Å². The van der Waals surface area contributed by atoms with Crippen LogP contribution in [0.5, 0.6) is 5.75 Å². The molecule has 1 saturated heterocycles. The number of halogens is 5. The van der Waals surface area contributed by atoms with Gasteiger partial charge in [0.05, 0.1) is 24.5 Å². The van der Waals surface area contributed by atoms with Gasteiger partial charge in [-0.15, -0.1) is 0 Å². The summed E-state index contributed by atoms with van der Waals surface area (Å²) >= 11 is 0. The molecule has 37 heavy (non-hydrogen) atoms. The molecule has 3 aromatic rings. The average Bonchev–Trinajstić information content (AvgIpc) is 2.90. The average molecular weight is 524 g/mol. The first kappa shape index (κ1) is 27.1. The van der Waals surface area contributed by atoms with Crippen LogP contribution in [0.3, 0.4) is 0 Å². The van der Waals surface area contributed by atoms with Crippen LogP contribution in [0, 0.1) is 28.7 Å². The van der Waals surface area contributed by atoms with Crippen LogP contribution in [0.4, 0.5) is 27.6 Å². The van der Waals surface area contributed by atoms with Crippen molar-refractivity contribution in [1.29, 1.82) is 0 Å². The first-order valence-corrected chi connectivity index (χ1v) is 12.2. The van der Waals surface area contributed by atoms with Gasteiger partial charge >= 0.3 is 0 Å². The van der Waals surface area contributed by atoms with Crippen LogP contribution in [-0.4, -0.2) is 54.9 Å². The number of nitrogens with zero attached hydrogens (tertiary/aromatic N) is 2. The highest BCUT2D eigenvalue weighted by Gasteiger charge is 2.35. The zero-order valence-corrected chi connectivity index (χ0v) is 20.5. The maximum absolute atomic E-state index is 15.4. The number of ether oxygens (including phenoxy) is 1. The van der Waals surface area contributed by atoms with Crippen molar-refractivity contribution in [1.82, 2.24) is 9.88 Å². The van der Waals surface area contributed by atoms with Gasteiger partial charge in [-0.1, -0.05) is 0 Å². The maximum atomic E-state index is 15.4. The smallest absolute Gasteiger partial charge is 0.182 e. The second-order valence-corrected chi connectivity index (χ2v) is 9.58. The van der Waals surface area contributed by atoms with Gasteiger partial charge in [-0.25, -0.2) is 22.0 Å². The Hall–Kier alpha value is -2.98. The summed E-state index contributed by atoms with van der Waals surface area (Å²) in [5, 5.41) is 13.2. The number of alkyl halides is 1. The van der Waals surface area contributed by atoms with Gasteiger partial charge < -0.3 is 20.1 Å². The van der Waals surface area contributed by atoms with Gasteiger partial charge in [-0.3, -0.25) is 4.98 Å². The number of hydrogen-bond donors (Lipinski definition) is 2. The quantitative estimate of drug-likeness (QED) is 0.261. The highest BCUT2D eigenvalue weighted by Crippen LogP contribution is 2.40. The number of benzene rings is 2. The molecule has 2 aromatic carbocycles. The molecule has 0 unspecified atom stereocenters. The first-order valence-electron chi connectivity index (χ1n) is 12.2. The van der Waals surface area contributed by atoms with Crippen molar-refractivity contribution in [2.45, 2.75) is 31.9 Å². The van der Waals surface area contributed by atoms with Crippen LogP contribution >= 0.6 is 0 Å². The summed E-state index contributed by atoms with van der Waals surface area (Å²) in [6, 6.07) is 6.31. The topological polar surface area (TPSA) is 57.6 Å². The Morgan fingerprint density at radius 1 is 1.11 bits per heavy atom. The molecule has 0 spiro atoms. The molecule has 1 fully saturated rings. The maximum Gasteiger partial charge on any atom is 0.182 e. The van der Waals surface area contributed by atoms with Crippen LogP contribution in [-0.2, 0) is 0 Å². The minimum absolute atomic E-state index is 0.0414. The Morgan fingerprint density at radius 3 is 2.57 bits per heavy atom. The molecule has 1 atom stereocenters. The van der Waals surface area contributed by atoms with Crippen molar-refractivity contribution in [2.75, 3.05) is 45.2 Å². The fourth-order valence-electron chi connectivity index (χ4n) is 4.96. The highest BCUT2D eigenvalue weighted by atomic mass is 19.2. The van der Waals surface area contributed by atoms with Gasteiger partial charge in [-0.2, -0.15) is 0 Å². The summed E-state index contributed by atoms with van der Waals surface area (Å²) in [5.74, 6) is -3.48. The van der Waals surface area contributed by atoms with E-state index in [-0.39, 0.29) is 30.8 Å². The number of anilines is 1. The molecule has 200 valence electrons. The second kappa shape index (κ2) is 11.6. The second-order valence-electron chi connectivity index (χ2n) is 9.58. The van der Waals surface area contributed by atoms with Crippen molar-refractivity contribution < 1.29 is 31.8 Å². The van der Waals surface area contributed by atoms with Crippen molar-refractivity contribution in [2.24, 2.45) is 5.41 Å². The molecule has 1 aromatic heterocycles. The van der Waals surface area contributed by atoms with Crippen LogP contribution in [0.25, 0.3) is 10.9 Å². The van der Waals surface area contributed by atoms with E-state index in [0.717, 1.165) is 12.3 Å². The van der Waals surface area contributed by atoms with Gasteiger partial charge in [-0.05, 0) is 62.4 Å². The third-order valence-electron chi connectivity index (χ3n) is 7.30. The molecule has 1 aliphatic rings. The summed E-state index contributed by atoms with van der Waals surface area (Å²) in [4.78, 5) is 6.13. The first-order chi connectivity index (χ1) is 17.7. The normalized spacial score (nSPS) is 16.6. The number of hydrogen-bond acceptors (Lipinski definition) is 5. The van der Waals surface area contributed by atoms with E-state index in [1.54, 1.807) is 18.2 Å². The van der Waals surface area contributed by atoms with Crippen molar-refractivity contribution in [3.05, 3.63) is 65.4 Å². The standard InChI is InChI=1S/C27H30F5N3O2/c1-37-18-2-3-23-19(14-18)25(22(31)15-34-23)20(29)4-5-27(16-36)6-9-35(10-7-27)11-8-33-24-13-17(28)12-21(30)26(24)32/h2-3,12-15,20,33,36H,4-11,16H2,1H3/t20-/m0/s1. The largest absolute Gasteiger partial charge is 0.497 e. The van der Waals surface area contributed by atoms with Crippen LogP contribution in [0.1, 0.15) is 37.4 Å². The lowest BCUT2D eigenvalue weighted by atomic mass is 9.74. The van der Waals surface area contributed by atoms with Crippen LogP contribution in [0.15, 0.2) is 36.5 Å². The molecule has 0 saturated carbocycles. The van der Waals surface area contributed by atoms with Crippen molar-refractivity contribution >= 4 is 16.6 Å². The Balaban J connectivity index is 1.33. The molecular formula is C27H30F5N3O2. The highest BCUT2D eigenvalue weighted by molar-refractivity contribution is 5.84. The number of nitrogens with one attached hydrogen (secondary N) is 1. The molecule has 10 heteroatoms. The summed E-state index contributed by atoms with van der Waals surface area (Å²) in [7, 11) is 1.48. The molecule has 1 aliphatic heterocycles. The molecule has 0 aliphatic carbocycles. The zero-order valence-electron chi connectivity index (χ0n) is 20.5. The van der Waals surface area contributed by atoms with Gasteiger partial charge in [0.1, 0.15) is 23.6 Å². The SMILES string of the molecule is COc1ccc2ncc(F)c([C@@H](F)CCC3(CO)CCN(CCNc4cc(F)cc(F)c4F)CC3)c2c1. The van der Waals surface area contributed by atoms with E-state index >= 15 is 4.39 Å². The minimum atomic E-state index is -1.58. The fourth-order valence-corrected chi connectivity index (χ4v) is 4.96. The number of fused-ring (bicyclic) bond motifs is 1. The molecule has 2 N–H and O–H groups in total. The lowest BCUT2D eigenvalue weighted by molar-refractivity contribution is 0.0314. The van der Waals surface area contributed by atoms with E-state index in [0.29, 0.717) is 61.6 Å². The van der Waals surface area contributed by atoms with Crippen LogP contribution < -0.4 is 10.1 Å². The Morgan fingerprint density at radius 2 is 1.86 bits per heavy atom. The third kappa shape index (κ3) is 6.13. The number of piperidine rings is 1. The summed E-state index contributed by atoms with van der Waals surface area (Å²) in [6.45, 7) is 1.88. The molecular weight excluding hydrogens is 493 g/mol. The van der Waals surface area contributed by atoms with E-state index in [1.165, 1.54) is 7.11 Å². The number of rotatable bonds is 10. The predicted molar refractivity (Wildman–Crippen MR) is 131 cm³/mol. The van der Waals surface area contributed by atoms with E-state index < -0.39 is 34.9 Å². The number of pyridine rings is 1. The van der Waals surface area contributed by atoms with Gasteiger partial charge in [0.2, 0.25) is 0 Å². The number of aliphatic hydroxyl groups is 1. The van der Waals surface area contributed by atoms with Gasteiger partial charge in [0.25, 0.3) is 0 Å². The van der Waals surface area contributed by atoms with E-state index in [9.17, 15) is 22.7 Å². The number of likely N-dealkylation sites (tertiary alicyclic amines) is 1. The van der Waals surface area contributed by atoms with Gasteiger partial charge in [0.15, 0.2) is 11.6 Å². The zero-order chi connectivity index (χ0) is 26.6. The monoisotopic (exact) mass is 523 g/mol.